The lowest BCUT2D eigenvalue weighted by Gasteiger charge is -2.06. The SMILES string of the molecule is Cc1oc2c(I)c(P)c3ccccc3c2c1P. The second kappa shape index (κ2) is 4.19. The zero-order valence-electron chi connectivity index (χ0n) is 9.25. The molecule has 17 heavy (non-hydrogen) atoms. The van der Waals surface area contributed by atoms with Crippen molar-refractivity contribution in [2.75, 3.05) is 0 Å². The summed E-state index contributed by atoms with van der Waals surface area (Å²) < 4.78 is 7.06. The van der Waals surface area contributed by atoms with E-state index in [4.69, 9.17) is 4.42 Å². The Morgan fingerprint density at radius 2 is 1.71 bits per heavy atom. The Morgan fingerprint density at radius 1 is 1.06 bits per heavy atom. The predicted molar refractivity (Wildman–Crippen MR) is 89.9 cm³/mol. The highest BCUT2D eigenvalue weighted by Crippen LogP contribution is 2.31. The molecule has 1 heterocycles. The second-order valence-electron chi connectivity index (χ2n) is 4.05. The van der Waals surface area contributed by atoms with Crippen LogP contribution in [0.3, 0.4) is 0 Å². The van der Waals surface area contributed by atoms with Gasteiger partial charge in [0.1, 0.15) is 11.3 Å². The third-order valence-corrected chi connectivity index (χ3v) is 6.01. The Kier molecular flexibility index (Phi) is 2.93. The van der Waals surface area contributed by atoms with Crippen LogP contribution in [-0.4, -0.2) is 0 Å². The highest BCUT2D eigenvalue weighted by molar-refractivity contribution is 14.1. The van der Waals surface area contributed by atoms with Crippen molar-refractivity contribution in [3.8, 4) is 0 Å². The van der Waals surface area contributed by atoms with E-state index in [9.17, 15) is 0 Å². The highest BCUT2D eigenvalue weighted by atomic mass is 127. The molecule has 1 nitrogen and oxygen atoms in total. The minimum Gasteiger partial charge on any atom is -0.460 e. The van der Waals surface area contributed by atoms with E-state index in [0.29, 0.717) is 0 Å². The monoisotopic (exact) mass is 372 g/mol. The molecular weight excluding hydrogens is 361 g/mol. The van der Waals surface area contributed by atoms with Gasteiger partial charge in [0, 0.05) is 10.7 Å². The smallest absolute Gasteiger partial charge is 0.149 e. The minimum atomic E-state index is 0.976. The maximum absolute atomic E-state index is 5.88. The van der Waals surface area contributed by atoms with E-state index in [1.54, 1.807) is 0 Å². The zero-order chi connectivity index (χ0) is 12.2. The molecule has 0 spiro atoms. The molecular formula is C13H11IOP2. The molecule has 0 aliphatic rings. The van der Waals surface area contributed by atoms with E-state index in [0.717, 1.165) is 11.3 Å². The van der Waals surface area contributed by atoms with Gasteiger partial charge in [-0.05, 0) is 45.6 Å². The fourth-order valence-electron chi connectivity index (χ4n) is 2.16. The maximum atomic E-state index is 5.88. The van der Waals surface area contributed by atoms with E-state index in [1.807, 2.05) is 6.92 Å². The average Bonchev–Trinajstić information content (AvgIpc) is 2.63. The van der Waals surface area contributed by atoms with Crippen LogP contribution in [0.25, 0.3) is 21.7 Å². The van der Waals surface area contributed by atoms with Crippen molar-refractivity contribution in [2.45, 2.75) is 6.92 Å². The summed E-state index contributed by atoms with van der Waals surface area (Å²) >= 11 is 2.36. The average molecular weight is 372 g/mol. The largest absolute Gasteiger partial charge is 0.460 e. The molecule has 0 aliphatic heterocycles. The summed E-state index contributed by atoms with van der Waals surface area (Å²) in [7, 11) is 5.62. The summed E-state index contributed by atoms with van der Waals surface area (Å²) in [6.07, 6.45) is 0. The maximum Gasteiger partial charge on any atom is 0.149 e. The number of rotatable bonds is 0. The molecule has 0 saturated heterocycles. The Hall–Kier alpha value is -0.170. The van der Waals surface area contributed by atoms with E-state index in [-0.39, 0.29) is 0 Å². The number of furan rings is 1. The Balaban J connectivity index is 2.71. The van der Waals surface area contributed by atoms with Crippen LogP contribution in [0.15, 0.2) is 28.7 Å². The number of halogens is 1. The molecule has 86 valence electrons. The Morgan fingerprint density at radius 3 is 2.41 bits per heavy atom. The molecule has 0 saturated carbocycles. The molecule has 0 radical (unpaired) electrons. The van der Waals surface area contributed by atoms with Crippen LogP contribution in [0, 0.1) is 10.5 Å². The summed E-state index contributed by atoms with van der Waals surface area (Å²) in [5, 5.41) is 6.14. The summed E-state index contributed by atoms with van der Waals surface area (Å²) in [4.78, 5) is 0. The Labute approximate surface area is 118 Å². The molecule has 3 aromatic rings. The third kappa shape index (κ3) is 1.65. The lowest BCUT2D eigenvalue weighted by molar-refractivity contribution is 0.580. The molecule has 2 aromatic carbocycles. The molecule has 1 aromatic heterocycles. The second-order valence-corrected chi connectivity index (χ2v) is 6.28. The molecule has 2 unspecified atom stereocenters. The molecule has 0 fully saturated rings. The summed E-state index contributed by atoms with van der Waals surface area (Å²) in [6.45, 7) is 2.01. The van der Waals surface area contributed by atoms with E-state index < -0.39 is 0 Å². The first-order chi connectivity index (χ1) is 8.11. The van der Waals surface area contributed by atoms with Crippen LogP contribution in [0.4, 0.5) is 0 Å². The van der Waals surface area contributed by atoms with Gasteiger partial charge in [-0.15, -0.1) is 18.5 Å². The van der Waals surface area contributed by atoms with Crippen LogP contribution < -0.4 is 10.6 Å². The quantitative estimate of drug-likeness (QED) is 0.435. The van der Waals surface area contributed by atoms with Crippen molar-refractivity contribution in [2.24, 2.45) is 0 Å². The van der Waals surface area contributed by atoms with Crippen molar-refractivity contribution in [3.05, 3.63) is 33.6 Å². The molecule has 0 amide bonds. The normalized spacial score (nSPS) is 11.5. The number of hydrogen-bond acceptors (Lipinski definition) is 1. The minimum absolute atomic E-state index is 0.976. The van der Waals surface area contributed by atoms with Crippen LogP contribution in [0.2, 0.25) is 0 Å². The lowest BCUT2D eigenvalue weighted by Crippen LogP contribution is -2.01. The van der Waals surface area contributed by atoms with Crippen molar-refractivity contribution >= 4 is 73.4 Å². The Bertz CT molecular complexity index is 746. The molecule has 4 heteroatoms. The molecule has 0 N–H and O–H groups in total. The van der Waals surface area contributed by atoms with Gasteiger partial charge in [0.25, 0.3) is 0 Å². The molecule has 2 atom stereocenters. The first kappa shape index (κ1) is 11.9. The number of fused-ring (bicyclic) bond motifs is 3. The highest BCUT2D eigenvalue weighted by Gasteiger charge is 2.16. The first-order valence-electron chi connectivity index (χ1n) is 5.25. The van der Waals surface area contributed by atoms with Gasteiger partial charge in [-0.3, -0.25) is 0 Å². The summed E-state index contributed by atoms with van der Waals surface area (Å²) in [6, 6.07) is 8.47. The van der Waals surface area contributed by atoms with Gasteiger partial charge in [-0.2, -0.15) is 0 Å². The standard InChI is InChI=1S/C13H11IOP2/c1-6-12(16)9-7-4-2-3-5-8(7)13(17)10(14)11(9)15-6/h2-5H,16-17H2,1H3. The van der Waals surface area contributed by atoms with Gasteiger partial charge < -0.3 is 4.42 Å². The molecule has 3 rings (SSSR count). The van der Waals surface area contributed by atoms with Crippen LogP contribution in [-0.2, 0) is 0 Å². The van der Waals surface area contributed by atoms with Crippen molar-refractivity contribution in [3.63, 3.8) is 0 Å². The lowest BCUT2D eigenvalue weighted by atomic mass is 10.1. The molecule has 0 bridgehead atoms. The van der Waals surface area contributed by atoms with E-state index in [1.165, 1.54) is 30.3 Å². The van der Waals surface area contributed by atoms with Crippen molar-refractivity contribution < 1.29 is 4.42 Å². The van der Waals surface area contributed by atoms with Gasteiger partial charge in [0.05, 0.1) is 3.57 Å². The summed E-state index contributed by atoms with van der Waals surface area (Å²) in [5.41, 5.74) is 0.997. The third-order valence-electron chi connectivity index (χ3n) is 3.05. The predicted octanol–water partition coefficient (Wildman–Crippen LogP) is 3.50. The van der Waals surface area contributed by atoms with Crippen molar-refractivity contribution in [1.29, 1.82) is 0 Å². The number of aryl methyl sites for hydroxylation is 1. The van der Waals surface area contributed by atoms with Gasteiger partial charge in [0.15, 0.2) is 0 Å². The van der Waals surface area contributed by atoms with Gasteiger partial charge in [0.2, 0.25) is 0 Å². The van der Waals surface area contributed by atoms with Gasteiger partial charge >= 0.3 is 0 Å². The van der Waals surface area contributed by atoms with E-state index in [2.05, 4.69) is 65.3 Å². The van der Waals surface area contributed by atoms with Gasteiger partial charge in [-0.1, -0.05) is 24.3 Å². The van der Waals surface area contributed by atoms with E-state index >= 15 is 0 Å². The fraction of sp³-hybridized carbons (Fsp3) is 0.0769. The van der Waals surface area contributed by atoms with Gasteiger partial charge in [-0.25, -0.2) is 0 Å². The van der Waals surface area contributed by atoms with Crippen molar-refractivity contribution in [1.82, 2.24) is 0 Å². The fourth-order valence-corrected chi connectivity index (χ4v) is 3.55. The number of hydrogen-bond donors (Lipinski definition) is 0. The topological polar surface area (TPSA) is 13.1 Å². The summed E-state index contributed by atoms with van der Waals surface area (Å²) in [5.74, 6) is 0.976. The van der Waals surface area contributed by atoms with Crippen LogP contribution in [0.5, 0.6) is 0 Å². The van der Waals surface area contributed by atoms with Crippen LogP contribution >= 0.6 is 41.1 Å². The van der Waals surface area contributed by atoms with Crippen LogP contribution in [0.1, 0.15) is 5.76 Å². The zero-order valence-corrected chi connectivity index (χ0v) is 13.7. The molecule has 0 aliphatic carbocycles. The first-order valence-corrected chi connectivity index (χ1v) is 7.49. The number of benzene rings is 2.